The van der Waals surface area contributed by atoms with E-state index >= 15 is 0 Å². The molecule has 1 heterocycles. The standard InChI is InChI=1S/C18H30N4O/c1-2-10-20-18(19)21-11-9-16-5-7-17(8-6-16)23-15-14-22-12-3-4-13-22/h5-8H,2-4,9-15H2,1H3,(H3,19,20,21). The number of nitrogens with two attached hydrogens (primary N) is 1. The minimum atomic E-state index is 0.536. The summed E-state index contributed by atoms with van der Waals surface area (Å²) in [5, 5.41) is 3.14. The minimum absolute atomic E-state index is 0.536. The zero-order valence-electron chi connectivity index (χ0n) is 14.3. The highest BCUT2D eigenvalue weighted by molar-refractivity contribution is 5.77. The predicted octanol–water partition coefficient (Wildman–Crippen LogP) is 2.02. The average molecular weight is 318 g/mol. The van der Waals surface area contributed by atoms with Crippen LogP contribution in [0.25, 0.3) is 0 Å². The molecule has 23 heavy (non-hydrogen) atoms. The van der Waals surface area contributed by atoms with Crippen molar-refractivity contribution < 1.29 is 4.74 Å². The number of hydrogen-bond acceptors (Lipinski definition) is 3. The van der Waals surface area contributed by atoms with Gasteiger partial charge in [0.25, 0.3) is 0 Å². The van der Waals surface area contributed by atoms with E-state index in [0.29, 0.717) is 5.96 Å². The topological polar surface area (TPSA) is 62.9 Å². The fourth-order valence-electron chi connectivity index (χ4n) is 2.67. The molecular formula is C18H30N4O. The Balaban J connectivity index is 1.63. The Bertz CT molecular complexity index is 466. The van der Waals surface area contributed by atoms with Gasteiger partial charge in [0.1, 0.15) is 12.4 Å². The summed E-state index contributed by atoms with van der Waals surface area (Å²) in [7, 11) is 0. The van der Waals surface area contributed by atoms with Crippen LogP contribution >= 0.6 is 0 Å². The van der Waals surface area contributed by atoms with Crippen molar-refractivity contribution in [3.63, 3.8) is 0 Å². The fraction of sp³-hybridized carbons (Fsp3) is 0.611. The van der Waals surface area contributed by atoms with Crippen molar-refractivity contribution in [2.45, 2.75) is 32.6 Å². The third-order valence-electron chi connectivity index (χ3n) is 4.02. The van der Waals surface area contributed by atoms with Gasteiger partial charge in [-0.15, -0.1) is 0 Å². The summed E-state index contributed by atoms with van der Waals surface area (Å²) in [6, 6.07) is 8.33. The molecule has 5 nitrogen and oxygen atoms in total. The number of ether oxygens (including phenoxy) is 1. The molecule has 0 bridgehead atoms. The smallest absolute Gasteiger partial charge is 0.188 e. The Labute approximate surface area is 139 Å². The van der Waals surface area contributed by atoms with Crippen LogP contribution in [0.15, 0.2) is 29.3 Å². The first kappa shape index (κ1) is 17.6. The largest absolute Gasteiger partial charge is 0.492 e. The summed E-state index contributed by atoms with van der Waals surface area (Å²) >= 11 is 0. The van der Waals surface area contributed by atoms with Gasteiger partial charge in [-0.25, -0.2) is 0 Å². The number of nitrogens with one attached hydrogen (secondary N) is 1. The number of nitrogens with zero attached hydrogens (tertiary/aromatic N) is 2. The molecule has 1 aliphatic rings. The molecule has 0 radical (unpaired) electrons. The maximum absolute atomic E-state index is 5.81. The van der Waals surface area contributed by atoms with Crippen LogP contribution in [0.3, 0.4) is 0 Å². The number of rotatable bonds is 9. The molecule has 3 N–H and O–H groups in total. The van der Waals surface area contributed by atoms with E-state index in [1.807, 2.05) is 12.1 Å². The molecule has 1 saturated heterocycles. The van der Waals surface area contributed by atoms with Crippen LogP contribution in [-0.2, 0) is 6.42 Å². The van der Waals surface area contributed by atoms with Gasteiger partial charge in [0, 0.05) is 19.6 Å². The fourth-order valence-corrected chi connectivity index (χ4v) is 2.67. The molecule has 1 aliphatic heterocycles. The lowest BCUT2D eigenvalue weighted by Crippen LogP contribution is -2.33. The van der Waals surface area contributed by atoms with Crippen LogP contribution in [0.4, 0.5) is 0 Å². The first-order valence-electron chi connectivity index (χ1n) is 8.76. The van der Waals surface area contributed by atoms with Crippen molar-refractivity contribution in [2.24, 2.45) is 10.7 Å². The molecule has 2 rings (SSSR count). The van der Waals surface area contributed by atoms with E-state index in [1.165, 1.54) is 31.5 Å². The lowest BCUT2D eigenvalue weighted by molar-refractivity contribution is 0.238. The quantitative estimate of drug-likeness (QED) is 0.540. The SMILES string of the molecule is CCCN=C(N)NCCc1ccc(OCCN2CCCC2)cc1. The Morgan fingerprint density at radius 1 is 1.26 bits per heavy atom. The van der Waals surface area contributed by atoms with Crippen LogP contribution in [-0.4, -0.2) is 50.2 Å². The van der Waals surface area contributed by atoms with E-state index in [-0.39, 0.29) is 0 Å². The van der Waals surface area contributed by atoms with Gasteiger partial charge in [-0.1, -0.05) is 19.1 Å². The molecule has 0 atom stereocenters. The van der Waals surface area contributed by atoms with E-state index < -0.39 is 0 Å². The normalized spacial score (nSPS) is 15.8. The van der Waals surface area contributed by atoms with Gasteiger partial charge in [-0.3, -0.25) is 9.89 Å². The number of aliphatic imine (C=N–C) groups is 1. The predicted molar refractivity (Wildman–Crippen MR) is 96.1 cm³/mol. The average Bonchev–Trinajstić information content (AvgIpc) is 3.08. The van der Waals surface area contributed by atoms with Crippen molar-refractivity contribution in [2.75, 3.05) is 39.3 Å². The second kappa shape index (κ2) is 10.1. The van der Waals surface area contributed by atoms with E-state index in [4.69, 9.17) is 10.5 Å². The Hall–Kier alpha value is -1.75. The summed E-state index contributed by atoms with van der Waals surface area (Å²) in [6.45, 7) is 7.91. The molecule has 0 saturated carbocycles. The molecule has 0 amide bonds. The van der Waals surface area contributed by atoms with E-state index in [2.05, 4.69) is 34.3 Å². The van der Waals surface area contributed by atoms with Crippen LogP contribution in [0.2, 0.25) is 0 Å². The second-order valence-corrected chi connectivity index (χ2v) is 5.98. The zero-order chi connectivity index (χ0) is 16.3. The zero-order valence-corrected chi connectivity index (χ0v) is 14.3. The van der Waals surface area contributed by atoms with Crippen molar-refractivity contribution in [3.05, 3.63) is 29.8 Å². The van der Waals surface area contributed by atoms with Crippen LogP contribution < -0.4 is 15.8 Å². The number of hydrogen-bond donors (Lipinski definition) is 2. The molecule has 128 valence electrons. The highest BCUT2D eigenvalue weighted by Gasteiger charge is 2.10. The van der Waals surface area contributed by atoms with Crippen molar-refractivity contribution in [3.8, 4) is 5.75 Å². The first-order chi connectivity index (χ1) is 11.3. The van der Waals surface area contributed by atoms with Crippen molar-refractivity contribution >= 4 is 5.96 Å². The summed E-state index contributed by atoms with van der Waals surface area (Å²) < 4.78 is 5.81. The molecule has 1 aromatic carbocycles. The highest BCUT2D eigenvalue weighted by Crippen LogP contribution is 2.13. The van der Waals surface area contributed by atoms with Crippen LogP contribution in [0.1, 0.15) is 31.7 Å². The molecule has 0 spiro atoms. The van der Waals surface area contributed by atoms with E-state index in [1.54, 1.807) is 0 Å². The van der Waals surface area contributed by atoms with Crippen molar-refractivity contribution in [1.29, 1.82) is 0 Å². The summed E-state index contributed by atoms with van der Waals surface area (Å²) in [6.07, 6.45) is 4.60. The maximum atomic E-state index is 5.81. The maximum Gasteiger partial charge on any atom is 0.188 e. The minimum Gasteiger partial charge on any atom is -0.492 e. The summed E-state index contributed by atoms with van der Waals surface area (Å²) in [5.74, 6) is 1.48. The number of benzene rings is 1. The molecule has 0 aromatic heterocycles. The van der Waals surface area contributed by atoms with Gasteiger partial charge in [-0.05, 0) is 56.5 Å². The molecule has 1 aromatic rings. The Morgan fingerprint density at radius 2 is 2.00 bits per heavy atom. The van der Waals surface area contributed by atoms with Gasteiger partial charge in [0.15, 0.2) is 5.96 Å². The highest BCUT2D eigenvalue weighted by atomic mass is 16.5. The lowest BCUT2D eigenvalue weighted by Gasteiger charge is -2.15. The number of guanidine groups is 1. The first-order valence-corrected chi connectivity index (χ1v) is 8.76. The third-order valence-corrected chi connectivity index (χ3v) is 4.02. The molecule has 1 fully saturated rings. The second-order valence-electron chi connectivity index (χ2n) is 5.98. The van der Waals surface area contributed by atoms with Crippen LogP contribution in [0.5, 0.6) is 5.75 Å². The molecular weight excluding hydrogens is 288 g/mol. The van der Waals surface area contributed by atoms with Crippen molar-refractivity contribution in [1.82, 2.24) is 10.2 Å². The van der Waals surface area contributed by atoms with E-state index in [9.17, 15) is 0 Å². The summed E-state index contributed by atoms with van der Waals surface area (Å²) in [5.41, 5.74) is 7.04. The third kappa shape index (κ3) is 6.91. The van der Waals surface area contributed by atoms with Gasteiger partial charge in [0.2, 0.25) is 0 Å². The van der Waals surface area contributed by atoms with E-state index in [0.717, 1.165) is 44.8 Å². The van der Waals surface area contributed by atoms with Gasteiger partial charge < -0.3 is 15.8 Å². The number of likely N-dealkylation sites (tertiary alicyclic amines) is 1. The van der Waals surface area contributed by atoms with Gasteiger partial charge in [-0.2, -0.15) is 0 Å². The van der Waals surface area contributed by atoms with Gasteiger partial charge >= 0.3 is 0 Å². The monoisotopic (exact) mass is 318 g/mol. The Morgan fingerprint density at radius 3 is 2.70 bits per heavy atom. The molecule has 5 heteroatoms. The van der Waals surface area contributed by atoms with Crippen LogP contribution in [0, 0.1) is 0 Å². The summed E-state index contributed by atoms with van der Waals surface area (Å²) in [4.78, 5) is 6.68. The van der Waals surface area contributed by atoms with Gasteiger partial charge in [0.05, 0.1) is 0 Å². The Kier molecular flexibility index (Phi) is 7.73. The molecule has 0 aliphatic carbocycles. The lowest BCUT2D eigenvalue weighted by atomic mass is 10.1. The molecule has 0 unspecified atom stereocenters.